The predicted molar refractivity (Wildman–Crippen MR) is 114 cm³/mol. The Kier molecular flexibility index (Phi) is 5.79. The minimum Gasteiger partial charge on any atom is -0.273 e. The summed E-state index contributed by atoms with van der Waals surface area (Å²) in [7, 11) is -3.06. The molecule has 0 saturated carbocycles. The van der Waals surface area contributed by atoms with Gasteiger partial charge in [-0.1, -0.05) is 24.3 Å². The van der Waals surface area contributed by atoms with Gasteiger partial charge in [-0.15, -0.1) is 0 Å². The summed E-state index contributed by atoms with van der Waals surface area (Å²) >= 11 is 0. The van der Waals surface area contributed by atoms with E-state index in [0.717, 1.165) is 4.90 Å². The van der Waals surface area contributed by atoms with Crippen LogP contribution < -0.4 is 10.9 Å². The quantitative estimate of drug-likeness (QED) is 0.512. The van der Waals surface area contributed by atoms with Crippen molar-refractivity contribution in [3.05, 3.63) is 70.8 Å². The lowest BCUT2D eigenvalue weighted by Gasteiger charge is -2.14. The third-order valence-corrected chi connectivity index (χ3v) is 7.39. The molecule has 0 spiro atoms. The number of carbonyl (C=O) groups is 4. The lowest BCUT2D eigenvalue weighted by molar-refractivity contribution is -0.122. The summed E-state index contributed by atoms with van der Waals surface area (Å²) in [6, 6.07) is 12.9. The number of imide groups is 1. The van der Waals surface area contributed by atoms with Gasteiger partial charge in [0.05, 0.1) is 29.2 Å². The Bertz CT molecular complexity index is 1170. The first kappa shape index (κ1) is 21.7. The number of nitrogens with one attached hydrogen (secondary N) is 2. The Morgan fingerprint density at radius 1 is 0.938 bits per heavy atom. The van der Waals surface area contributed by atoms with Crippen molar-refractivity contribution in [1.29, 1.82) is 0 Å². The van der Waals surface area contributed by atoms with Crippen molar-refractivity contribution in [3.63, 3.8) is 0 Å². The van der Waals surface area contributed by atoms with Crippen LogP contribution in [0.4, 0.5) is 0 Å². The molecule has 9 nitrogen and oxygen atoms in total. The van der Waals surface area contributed by atoms with Crippen LogP contribution >= 0.6 is 0 Å². The summed E-state index contributed by atoms with van der Waals surface area (Å²) in [6.07, 6.45) is 0.469. The molecule has 0 radical (unpaired) electrons. The van der Waals surface area contributed by atoms with Gasteiger partial charge in [0.15, 0.2) is 9.84 Å². The first-order valence-corrected chi connectivity index (χ1v) is 11.9. The molecule has 2 aliphatic heterocycles. The van der Waals surface area contributed by atoms with Gasteiger partial charge in [0.1, 0.15) is 0 Å². The molecule has 4 amide bonds. The van der Waals surface area contributed by atoms with Gasteiger partial charge in [-0.05, 0) is 42.2 Å². The van der Waals surface area contributed by atoms with Gasteiger partial charge in [-0.3, -0.25) is 34.9 Å². The fourth-order valence-electron chi connectivity index (χ4n) is 3.87. The van der Waals surface area contributed by atoms with Crippen LogP contribution in [0.15, 0.2) is 48.5 Å². The Morgan fingerprint density at radius 3 is 2.12 bits per heavy atom. The van der Waals surface area contributed by atoms with Crippen LogP contribution in [0.2, 0.25) is 0 Å². The Balaban J connectivity index is 1.30. The standard InChI is InChI=1S/C22H21N3O6S/c26-19(11-15-9-10-32(30,31)13-15)23-24-20(27)16-7-5-14(6-8-16)12-25-21(28)17-3-1-2-4-18(17)22(25)29/h1-8,15H,9-13H2,(H,23,26)(H,24,27). The average Bonchev–Trinajstić information content (AvgIpc) is 3.24. The SMILES string of the molecule is O=C(CC1CCS(=O)(=O)C1)NNC(=O)c1ccc(CN2C(=O)c3ccccc3C2=O)cc1. The molecule has 1 saturated heterocycles. The number of nitrogens with zero attached hydrogens (tertiary/aromatic N) is 1. The fourth-order valence-corrected chi connectivity index (χ4v) is 5.73. The molecule has 1 atom stereocenters. The van der Waals surface area contributed by atoms with Gasteiger partial charge >= 0.3 is 0 Å². The van der Waals surface area contributed by atoms with E-state index in [-0.39, 0.29) is 47.8 Å². The molecule has 1 fully saturated rings. The zero-order valence-electron chi connectivity index (χ0n) is 17.0. The van der Waals surface area contributed by atoms with Crippen LogP contribution in [0, 0.1) is 5.92 Å². The maximum absolute atomic E-state index is 12.5. The van der Waals surface area contributed by atoms with Crippen LogP contribution in [-0.4, -0.2) is 48.5 Å². The molecule has 0 aromatic heterocycles. The third kappa shape index (κ3) is 4.54. The van der Waals surface area contributed by atoms with Gasteiger partial charge in [0.2, 0.25) is 5.91 Å². The van der Waals surface area contributed by atoms with Crippen molar-refractivity contribution in [2.75, 3.05) is 11.5 Å². The largest absolute Gasteiger partial charge is 0.273 e. The van der Waals surface area contributed by atoms with Gasteiger partial charge in [0, 0.05) is 12.0 Å². The summed E-state index contributed by atoms with van der Waals surface area (Å²) in [4.78, 5) is 50.3. The molecule has 0 aliphatic carbocycles. The van der Waals surface area contributed by atoms with Crippen LogP contribution in [0.25, 0.3) is 0 Å². The second kappa shape index (κ2) is 8.54. The first-order valence-electron chi connectivity index (χ1n) is 10.1. The number of benzene rings is 2. The molecule has 2 aromatic carbocycles. The predicted octanol–water partition coefficient (Wildman–Crippen LogP) is 1.07. The minimum atomic E-state index is -3.06. The van der Waals surface area contributed by atoms with Crippen LogP contribution in [0.1, 0.15) is 49.5 Å². The molecular weight excluding hydrogens is 434 g/mol. The second-order valence-electron chi connectivity index (χ2n) is 7.91. The van der Waals surface area contributed by atoms with E-state index in [0.29, 0.717) is 23.1 Å². The van der Waals surface area contributed by atoms with Gasteiger partial charge < -0.3 is 0 Å². The van der Waals surface area contributed by atoms with Crippen molar-refractivity contribution in [2.45, 2.75) is 19.4 Å². The Hall–Kier alpha value is -3.53. The summed E-state index contributed by atoms with van der Waals surface area (Å²) in [6.45, 7) is 0.0786. The highest BCUT2D eigenvalue weighted by Gasteiger charge is 2.35. The van der Waals surface area contributed by atoms with E-state index in [4.69, 9.17) is 0 Å². The van der Waals surface area contributed by atoms with Crippen molar-refractivity contribution in [3.8, 4) is 0 Å². The molecular formula is C22H21N3O6S. The molecule has 0 bridgehead atoms. The fraction of sp³-hybridized carbons (Fsp3) is 0.273. The number of fused-ring (bicyclic) bond motifs is 1. The number of hydrogen-bond acceptors (Lipinski definition) is 6. The van der Waals surface area contributed by atoms with E-state index in [1.54, 1.807) is 36.4 Å². The van der Waals surface area contributed by atoms with E-state index in [1.165, 1.54) is 12.1 Å². The number of carbonyl (C=O) groups excluding carboxylic acids is 4. The van der Waals surface area contributed by atoms with Crippen LogP contribution in [0.3, 0.4) is 0 Å². The first-order chi connectivity index (χ1) is 15.2. The average molecular weight is 455 g/mol. The highest BCUT2D eigenvalue weighted by atomic mass is 32.2. The molecule has 4 rings (SSSR count). The van der Waals surface area contributed by atoms with Gasteiger partial charge in [0.25, 0.3) is 17.7 Å². The summed E-state index contributed by atoms with van der Waals surface area (Å²) < 4.78 is 22.9. The van der Waals surface area contributed by atoms with Crippen LogP contribution in [-0.2, 0) is 21.2 Å². The molecule has 166 valence electrons. The number of hydrogen-bond donors (Lipinski definition) is 2. The van der Waals surface area contributed by atoms with Gasteiger partial charge in [-0.25, -0.2) is 8.42 Å². The lowest BCUT2D eigenvalue weighted by atomic mass is 10.1. The minimum absolute atomic E-state index is 0.0110. The third-order valence-electron chi connectivity index (χ3n) is 5.55. The maximum atomic E-state index is 12.5. The summed E-state index contributed by atoms with van der Waals surface area (Å²) in [5, 5.41) is 0. The van der Waals surface area contributed by atoms with Crippen molar-refractivity contribution in [1.82, 2.24) is 15.8 Å². The van der Waals surface area contributed by atoms with Gasteiger partial charge in [-0.2, -0.15) is 0 Å². The molecule has 2 aromatic rings. The van der Waals surface area contributed by atoms with E-state index < -0.39 is 21.7 Å². The Labute approximate surface area is 184 Å². The molecule has 32 heavy (non-hydrogen) atoms. The zero-order valence-corrected chi connectivity index (χ0v) is 17.9. The molecule has 2 N–H and O–H groups in total. The smallest absolute Gasteiger partial charge is 0.269 e. The summed E-state index contributed by atoms with van der Waals surface area (Å²) in [5.41, 5.74) is 6.30. The maximum Gasteiger partial charge on any atom is 0.269 e. The van der Waals surface area contributed by atoms with Crippen molar-refractivity contribution < 1.29 is 27.6 Å². The van der Waals surface area contributed by atoms with E-state index >= 15 is 0 Å². The van der Waals surface area contributed by atoms with E-state index in [1.807, 2.05) is 0 Å². The molecule has 2 heterocycles. The number of amides is 4. The number of sulfone groups is 1. The normalized spacial score (nSPS) is 19.0. The molecule has 2 aliphatic rings. The molecule has 1 unspecified atom stereocenters. The lowest BCUT2D eigenvalue weighted by Crippen LogP contribution is -2.42. The molecule has 10 heteroatoms. The highest BCUT2D eigenvalue weighted by Crippen LogP contribution is 2.24. The number of hydrazine groups is 1. The monoisotopic (exact) mass is 455 g/mol. The summed E-state index contributed by atoms with van der Waals surface area (Å²) in [5.74, 6) is -1.87. The topological polar surface area (TPSA) is 130 Å². The Morgan fingerprint density at radius 2 is 1.56 bits per heavy atom. The van der Waals surface area contributed by atoms with E-state index in [2.05, 4.69) is 10.9 Å². The number of rotatable bonds is 5. The van der Waals surface area contributed by atoms with E-state index in [9.17, 15) is 27.6 Å². The van der Waals surface area contributed by atoms with Crippen molar-refractivity contribution in [2.24, 2.45) is 5.92 Å². The van der Waals surface area contributed by atoms with Crippen molar-refractivity contribution >= 4 is 33.5 Å². The van der Waals surface area contributed by atoms with Crippen LogP contribution in [0.5, 0.6) is 0 Å². The highest BCUT2D eigenvalue weighted by molar-refractivity contribution is 7.91. The zero-order chi connectivity index (χ0) is 22.9. The second-order valence-corrected chi connectivity index (χ2v) is 10.1.